The van der Waals surface area contributed by atoms with Crippen molar-refractivity contribution in [1.82, 2.24) is 15.1 Å². The number of benzene rings is 1. The van der Waals surface area contributed by atoms with E-state index in [2.05, 4.69) is 10.6 Å². The first-order valence-corrected chi connectivity index (χ1v) is 14.8. The van der Waals surface area contributed by atoms with Gasteiger partial charge in [-0.3, -0.25) is 24.5 Å². The first-order chi connectivity index (χ1) is 19.9. The van der Waals surface area contributed by atoms with Gasteiger partial charge in [0, 0.05) is 55.0 Å². The van der Waals surface area contributed by atoms with Crippen molar-refractivity contribution >= 4 is 35.4 Å². The number of imide groups is 1. The zero-order chi connectivity index (χ0) is 30.4. The third-order valence-electron chi connectivity index (χ3n) is 7.84. The van der Waals surface area contributed by atoms with Crippen LogP contribution in [0.25, 0.3) is 0 Å². The number of nitrogens with two attached hydrogens (primary N) is 1. The Labute approximate surface area is 246 Å². The molecule has 1 unspecified atom stereocenters. The van der Waals surface area contributed by atoms with E-state index in [1.807, 2.05) is 25.7 Å². The largest absolute Gasteiger partial charge is 0.444 e. The topological polar surface area (TPSA) is 160 Å². The van der Waals surface area contributed by atoms with Crippen molar-refractivity contribution < 1.29 is 33.4 Å². The Hall–Kier alpha value is -3.51. The SMILES string of the molecule is CC(C)(C)OC(=O)N(CCCCOCC(=O)Nc1cccc2c1CN(C1CCC(=O)NC1=O)C2=O)[C@H]1CC[C@@H](N)CC1. The number of ether oxygens (including phenoxy) is 2. The smallest absolute Gasteiger partial charge is 0.410 e. The Morgan fingerprint density at radius 1 is 1.10 bits per heavy atom. The van der Waals surface area contributed by atoms with Crippen molar-refractivity contribution in [3.63, 3.8) is 0 Å². The van der Waals surface area contributed by atoms with Crippen LogP contribution in [0.1, 0.15) is 88.1 Å². The zero-order valence-electron chi connectivity index (χ0n) is 24.8. The summed E-state index contributed by atoms with van der Waals surface area (Å²) in [5.74, 6) is -1.49. The minimum absolute atomic E-state index is 0.108. The summed E-state index contributed by atoms with van der Waals surface area (Å²) >= 11 is 0. The average molecular weight is 586 g/mol. The number of anilines is 1. The van der Waals surface area contributed by atoms with Crippen LogP contribution in [-0.2, 0) is 30.4 Å². The molecule has 1 saturated carbocycles. The maximum atomic E-state index is 13.0. The number of amides is 5. The molecule has 42 heavy (non-hydrogen) atoms. The summed E-state index contributed by atoms with van der Waals surface area (Å²) in [7, 11) is 0. The fraction of sp³-hybridized carbons (Fsp3) is 0.633. The Morgan fingerprint density at radius 2 is 1.83 bits per heavy atom. The van der Waals surface area contributed by atoms with Crippen molar-refractivity contribution in [2.24, 2.45) is 5.73 Å². The highest BCUT2D eigenvalue weighted by atomic mass is 16.6. The predicted octanol–water partition coefficient (Wildman–Crippen LogP) is 2.69. The lowest BCUT2D eigenvalue weighted by Gasteiger charge is -2.37. The van der Waals surface area contributed by atoms with Gasteiger partial charge in [-0.1, -0.05) is 6.07 Å². The molecule has 0 spiro atoms. The fourth-order valence-electron chi connectivity index (χ4n) is 5.70. The van der Waals surface area contributed by atoms with Crippen LogP contribution in [0.3, 0.4) is 0 Å². The van der Waals surface area contributed by atoms with Crippen LogP contribution in [0.4, 0.5) is 10.5 Å². The van der Waals surface area contributed by atoms with Gasteiger partial charge in [-0.05, 0) is 77.8 Å². The van der Waals surface area contributed by atoms with Crippen molar-refractivity contribution in [1.29, 1.82) is 0 Å². The van der Waals surface area contributed by atoms with E-state index < -0.39 is 17.6 Å². The van der Waals surface area contributed by atoms with Crippen molar-refractivity contribution in [2.75, 3.05) is 25.1 Å². The van der Waals surface area contributed by atoms with Crippen LogP contribution < -0.4 is 16.4 Å². The molecule has 2 heterocycles. The van der Waals surface area contributed by atoms with Gasteiger partial charge < -0.3 is 30.3 Å². The number of piperidine rings is 1. The van der Waals surface area contributed by atoms with E-state index in [0.717, 1.165) is 25.7 Å². The lowest BCUT2D eigenvalue weighted by Crippen LogP contribution is -2.52. The molecule has 12 heteroatoms. The second-order valence-corrected chi connectivity index (χ2v) is 12.3. The Morgan fingerprint density at radius 3 is 2.52 bits per heavy atom. The van der Waals surface area contributed by atoms with E-state index in [4.69, 9.17) is 15.2 Å². The molecule has 12 nitrogen and oxygen atoms in total. The van der Waals surface area contributed by atoms with Crippen LogP contribution in [-0.4, -0.2) is 83.0 Å². The number of carbonyl (C=O) groups is 5. The fourth-order valence-corrected chi connectivity index (χ4v) is 5.70. The quantitative estimate of drug-likeness (QED) is 0.279. The summed E-state index contributed by atoms with van der Waals surface area (Å²) in [5, 5.41) is 5.11. The molecule has 5 amide bonds. The molecular weight excluding hydrogens is 542 g/mol. The summed E-state index contributed by atoms with van der Waals surface area (Å²) in [6, 6.07) is 4.62. The molecule has 0 aromatic heterocycles. The molecule has 1 aromatic rings. The van der Waals surface area contributed by atoms with E-state index in [-0.39, 0.29) is 61.9 Å². The summed E-state index contributed by atoms with van der Waals surface area (Å²) in [6.07, 6.45) is 4.98. The summed E-state index contributed by atoms with van der Waals surface area (Å²) in [4.78, 5) is 65.6. The van der Waals surface area contributed by atoms with E-state index in [1.165, 1.54) is 4.90 Å². The van der Waals surface area contributed by atoms with Gasteiger partial charge in [-0.15, -0.1) is 0 Å². The van der Waals surface area contributed by atoms with E-state index in [9.17, 15) is 24.0 Å². The second-order valence-electron chi connectivity index (χ2n) is 12.3. The molecule has 1 saturated heterocycles. The molecule has 3 aliphatic rings. The summed E-state index contributed by atoms with van der Waals surface area (Å²) in [6.45, 7) is 6.46. The molecule has 4 N–H and O–H groups in total. The minimum atomic E-state index is -0.726. The van der Waals surface area contributed by atoms with Crippen LogP contribution in [0, 0.1) is 0 Å². The van der Waals surface area contributed by atoms with Crippen LogP contribution in [0.15, 0.2) is 18.2 Å². The van der Waals surface area contributed by atoms with Gasteiger partial charge in [-0.2, -0.15) is 0 Å². The van der Waals surface area contributed by atoms with E-state index >= 15 is 0 Å². The molecule has 0 radical (unpaired) electrons. The van der Waals surface area contributed by atoms with Gasteiger partial charge in [0.2, 0.25) is 17.7 Å². The summed E-state index contributed by atoms with van der Waals surface area (Å²) < 4.78 is 11.3. The number of fused-ring (bicyclic) bond motifs is 1. The number of nitrogens with one attached hydrogen (secondary N) is 2. The molecule has 1 aromatic carbocycles. The number of hydrogen-bond acceptors (Lipinski definition) is 8. The first-order valence-electron chi connectivity index (χ1n) is 14.8. The van der Waals surface area contributed by atoms with Gasteiger partial charge in [0.05, 0.1) is 0 Å². The zero-order valence-corrected chi connectivity index (χ0v) is 24.8. The molecule has 230 valence electrons. The number of rotatable bonds is 10. The monoisotopic (exact) mass is 585 g/mol. The molecule has 2 fully saturated rings. The number of carbonyl (C=O) groups excluding carboxylic acids is 5. The standard InChI is InChI=1S/C30H43N5O7/c1-30(2,3)42-29(40)34(20-11-9-19(31)10-12-20)15-4-5-16-41-18-26(37)32-23-8-6-7-21-22(23)17-35(28(21)39)24-13-14-25(36)33-27(24)38/h6-8,19-20,24H,4-5,9-18,31H2,1-3H3,(H,32,37)(H,33,36,38)/t19-,20+,24?. The highest BCUT2D eigenvalue weighted by molar-refractivity contribution is 6.06. The van der Waals surface area contributed by atoms with Gasteiger partial charge in [0.15, 0.2) is 0 Å². The van der Waals surface area contributed by atoms with Crippen LogP contribution in [0.2, 0.25) is 0 Å². The molecular formula is C30H43N5O7. The normalized spacial score (nSPS) is 22.4. The van der Waals surface area contributed by atoms with E-state index in [0.29, 0.717) is 42.8 Å². The van der Waals surface area contributed by atoms with Gasteiger partial charge in [0.25, 0.3) is 5.91 Å². The molecule has 1 atom stereocenters. The van der Waals surface area contributed by atoms with Crippen molar-refractivity contribution in [2.45, 2.75) is 102 Å². The molecule has 4 rings (SSSR count). The van der Waals surface area contributed by atoms with Gasteiger partial charge >= 0.3 is 6.09 Å². The van der Waals surface area contributed by atoms with Gasteiger partial charge in [0.1, 0.15) is 18.2 Å². The highest BCUT2D eigenvalue weighted by Gasteiger charge is 2.40. The summed E-state index contributed by atoms with van der Waals surface area (Å²) in [5.41, 5.74) is 7.02. The molecule has 0 bridgehead atoms. The number of nitrogens with zero attached hydrogens (tertiary/aromatic N) is 2. The first kappa shape index (κ1) is 31.4. The Bertz CT molecular complexity index is 1190. The maximum absolute atomic E-state index is 13.0. The third kappa shape index (κ3) is 8.07. The minimum Gasteiger partial charge on any atom is -0.444 e. The molecule has 2 aliphatic heterocycles. The lowest BCUT2D eigenvalue weighted by atomic mass is 9.91. The predicted molar refractivity (Wildman–Crippen MR) is 154 cm³/mol. The number of unbranched alkanes of at least 4 members (excludes halogenated alkanes) is 1. The van der Waals surface area contributed by atoms with Crippen LogP contribution in [0.5, 0.6) is 0 Å². The average Bonchev–Trinajstić information content (AvgIpc) is 3.25. The number of hydrogen-bond donors (Lipinski definition) is 3. The van der Waals surface area contributed by atoms with E-state index in [1.54, 1.807) is 18.2 Å². The highest BCUT2D eigenvalue weighted by Crippen LogP contribution is 2.32. The van der Waals surface area contributed by atoms with Gasteiger partial charge in [-0.25, -0.2) is 4.79 Å². The van der Waals surface area contributed by atoms with Crippen molar-refractivity contribution in [3.05, 3.63) is 29.3 Å². The Kier molecular flexibility index (Phi) is 10.2. The lowest BCUT2D eigenvalue weighted by molar-refractivity contribution is -0.137. The second kappa shape index (κ2) is 13.6. The van der Waals surface area contributed by atoms with Crippen LogP contribution >= 0.6 is 0 Å². The third-order valence-corrected chi connectivity index (χ3v) is 7.84. The van der Waals surface area contributed by atoms with Crippen molar-refractivity contribution in [3.8, 4) is 0 Å². The molecule has 1 aliphatic carbocycles. The Balaban J connectivity index is 1.23. The maximum Gasteiger partial charge on any atom is 0.410 e.